The Kier molecular flexibility index (Phi) is 4.17. The van der Waals surface area contributed by atoms with Gasteiger partial charge >= 0.3 is 0 Å². The molecule has 2 aromatic heterocycles. The largest absolute Gasteiger partial charge is 0.396 e. The van der Waals surface area contributed by atoms with Gasteiger partial charge in [0.05, 0.1) is 19.9 Å². The summed E-state index contributed by atoms with van der Waals surface area (Å²) < 4.78 is 1.88. The number of allylic oxidation sites excluding steroid dienone is 1. The zero-order valence-electron chi connectivity index (χ0n) is 9.02. The van der Waals surface area contributed by atoms with Crippen LogP contribution in [0.1, 0.15) is 10.4 Å². The molecule has 0 saturated carbocycles. The predicted molar refractivity (Wildman–Crippen MR) is 80.6 cm³/mol. The van der Waals surface area contributed by atoms with Gasteiger partial charge in [-0.3, -0.25) is 4.98 Å². The van der Waals surface area contributed by atoms with Crippen LogP contribution >= 0.6 is 43.2 Å². The lowest BCUT2D eigenvalue weighted by atomic mass is 10.1. The molecule has 0 aromatic carbocycles. The smallest absolute Gasteiger partial charge is 0.102 e. The van der Waals surface area contributed by atoms with E-state index in [1.165, 1.54) is 11.3 Å². The maximum absolute atomic E-state index is 9.26. The molecule has 2 rings (SSSR count). The molecule has 0 aliphatic heterocycles. The molecule has 2 heterocycles. The summed E-state index contributed by atoms with van der Waals surface area (Å²) in [7, 11) is 0. The van der Waals surface area contributed by atoms with E-state index in [2.05, 4.69) is 42.9 Å². The standard InChI is InChI=1S/C12H7Br2N3S/c13-9-5-10(18-12(9)14)11(16)8(6-15)7-1-3-17-4-2-7/h1-5H,16H2/b11-8-. The first-order chi connectivity index (χ1) is 8.63. The van der Waals surface area contributed by atoms with E-state index in [4.69, 9.17) is 5.73 Å². The number of aromatic nitrogens is 1. The van der Waals surface area contributed by atoms with E-state index >= 15 is 0 Å². The molecule has 0 spiro atoms. The number of nitriles is 1. The second-order valence-electron chi connectivity index (χ2n) is 3.37. The van der Waals surface area contributed by atoms with Gasteiger partial charge in [-0.25, -0.2) is 0 Å². The highest BCUT2D eigenvalue weighted by molar-refractivity contribution is 9.13. The lowest BCUT2D eigenvalue weighted by Crippen LogP contribution is -1.98. The van der Waals surface area contributed by atoms with Crippen LogP contribution in [0.5, 0.6) is 0 Å². The van der Waals surface area contributed by atoms with Gasteiger partial charge < -0.3 is 5.73 Å². The molecule has 18 heavy (non-hydrogen) atoms. The Balaban J connectivity index is 2.55. The van der Waals surface area contributed by atoms with Gasteiger partial charge in [0.15, 0.2) is 0 Å². The number of nitrogens with two attached hydrogens (primary N) is 1. The van der Waals surface area contributed by atoms with E-state index in [9.17, 15) is 5.26 Å². The van der Waals surface area contributed by atoms with Crippen molar-refractivity contribution in [3.63, 3.8) is 0 Å². The molecule has 90 valence electrons. The lowest BCUT2D eigenvalue weighted by Gasteiger charge is -2.03. The molecule has 0 aliphatic carbocycles. The number of halogens is 2. The number of thiophene rings is 1. The summed E-state index contributed by atoms with van der Waals surface area (Å²) in [4.78, 5) is 4.78. The second-order valence-corrected chi connectivity index (χ2v) is 6.59. The third-order valence-electron chi connectivity index (χ3n) is 2.26. The minimum atomic E-state index is 0.457. The minimum Gasteiger partial charge on any atom is -0.396 e. The van der Waals surface area contributed by atoms with E-state index in [0.29, 0.717) is 11.3 Å². The number of rotatable bonds is 2. The highest BCUT2D eigenvalue weighted by atomic mass is 79.9. The average Bonchev–Trinajstić information content (AvgIpc) is 2.72. The van der Waals surface area contributed by atoms with Crippen molar-refractivity contribution in [2.45, 2.75) is 0 Å². The van der Waals surface area contributed by atoms with E-state index < -0.39 is 0 Å². The Morgan fingerprint density at radius 2 is 2.00 bits per heavy atom. The Morgan fingerprint density at radius 1 is 1.33 bits per heavy atom. The summed E-state index contributed by atoms with van der Waals surface area (Å²) in [5, 5.41) is 9.26. The predicted octanol–water partition coefficient (Wildman–Crippen LogP) is 4.02. The van der Waals surface area contributed by atoms with E-state index in [1.54, 1.807) is 24.5 Å². The Bertz CT molecular complexity index is 622. The third-order valence-corrected chi connectivity index (χ3v) is 5.55. The molecule has 0 radical (unpaired) electrons. The van der Waals surface area contributed by atoms with E-state index in [1.807, 2.05) is 6.07 Å². The van der Waals surface area contributed by atoms with Crippen LogP contribution in [-0.2, 0) is 0 Å². The summed E-state index contributed by atoms with van der Waals surface area (Å²) in [6.45, 7) is 0. The molecule has 0 saturated heterocycles. The van der Waals surface area contributed by atoms with E-state index in [-0.39, 0.29) is 0 Å². The van der Waals surface area contributed by atoms with Crippen molar-refractivity contribution in [2.75, 3.05) is 0 Å². The fourth-order valence-electron chi connectivity index (χ4n) is 1.40. The number of hydrogen-bond acceptors (Lipinski definition) is 4. The molecule has 2 aromatic rings. The van der Waals surface area contributed by atoms with Gasteiger partial charge in [0.2, 0.25) is 0 Å². The fraction of sp³-hybridized carbons (Fsp3) is 0. The van der Waals surface area contributed by atoms with Gasteiger partial charge in [0.25, 0.3) is 0 Å². The quantitative estimate of drug-likeness (QED) is 0.795. The summed E-state index contributed by atoms with van der Waals surface area (Å²) in [5.41, 5.74) is 7.77. The van der Waals surface area contributed by atoms with Crippen LogP contribution < -0.4 is 5.73 Å². The lowest BCUT2D eigenvalue weighted by molar-refractivity contribution is 1.32. The number of nitrogens with zero attached hydrogens (tertiary/aromatic N) is 2. The van der Waals surface area contributed by atoms with Gasteiger partial charge in [-0.1, -0.05) is 0 Å². The van der Waals surface area contributed by atoms with E-state index in [0.717, 1.165) is 18.7 Å². The second kappa shape index (κ2) is 5.65. The summed E-state index contributed by atoms with van der Waals surface area (Å²) >= 11 is 8.30. The minimum absolute atomic E-state index is 0.457. The molecular formula is C12H7Br2N3S. The van der Waals surface area contributed by atoms with Crippen molar-refractivity contribution in [1.82, 2.24) is 4.98 Å². The van der Waals surface area contributed by atoms with Crippen molar-refractivity contribution in [3.8, 4) is 6.07 Å². The molecule has 2 N–H and O–H groups in total. The molecular weight excluding hydrogens is 378 g/mol. The van der Waals surface area contributed by atoms with Crippen LogP contribution in [0.4, 0.5) is 0 Å². The normalized spacial score (nSPS) is 11.8. The first-order valence-electron chi connectivity index (χ1n) is 4.89. The first kappa shape index (κ1) is 13.3. The van der Waals surface area contributed by atoms with Crippen LogP contribution in [0.15, 0.2) is 38.9 Å². The third kappa shape index (κ3) is 2.64. The van der Waals surface area contributed by atoms with Crippen LogP contribution in [0.2, 0.25) is 0 Å². The molecule has 0 bridgehead atoms. The SMILES string of the molecule is N#C/C(=C(/N)c1cc(Br)c(Br)s1)c1ccncc1. The molecule has 3 nitrogen and oxygen atoms in total. The number of hydrogen-bond donors (Lipinski definition) is 1. The van der Waals surface area contributed by atoms with Gasteiger partial charge in [0, 0.05) is 16.9 Å². The number of pyridine rings is 1. The molecule has 0 amide bonds. The van der Waals surface area contributed by atoms with Crippen molar-refractivity contribution in [3.05, 3.63) is 49.3 Å². The van der Waals surface area contributed by atoms with Crippen molar-refractivity contribution in [2.24, 2.45) is 5.73 Å². The Hall–Kier alpha value is -1.16. The molecule has 0 fully saturated rings. The summed E-state index contributed by atoms with van der Waals surface area (Å²) in [5.74, 6) is 0. The average molecular weight is 385 g/mol. The van der Waals surface area contributed by atoms with Crippen LogP contribution in [-0.4, -0.2) is 4.98 Å². The zero-order chi connectivity index (χ0) is 13.1. The highest BCUT2D eigenvalue weighted by Gasteiger charge is 2.12. The molecule has 0 aliphatic rings. The van der Waals surface area contributed by atoms with Crippen LogP contribution in [0.3, 0.4) is 0 Å². The van der Waals surface area contributed by atoms with Gasteiger partial charge in [-0.05, 0) is 55.6 Å². The Labute approximate surface area is 125 Å². The summed E-state index contributed by atoms with van der Waals surface area (Å²) in [6, 6.07) is 7.57. The molecule has 0 unspecified atom stereocenters. The maximum atomic E-state index is 9.26. The van der Waals surface area contributed by atoms with Gasteiger partial charge in [-0.2, -0.15) is 5.26 Å². The Morgan fingerprint density at radius 3 is 2.50 bits per heavy atom. The summed E-state index contributed by atoms with van der Waals surface area (Å²) in [6.07, 6.45) is 3.28. The van der Waals surface area contributed by atoms with Gasteiger partial charge in [-0.15, -0.1) is 11.3 Å². The topological polar surface area (TPSA) is 62.7 Å². The van der Waals surface area contributed by atoms with Crippen molar-refractivity contribution in [1.29, 1.82) is 5.26 Å². The fourth-order valence-corrected chi connectivity index (χ4v) is 3.40. The van der Waals surface area contributed by atoms with Gasteiger partial charge in [0.1, 0.15) is 6.07 Å². The monoisotopic (exact) mass is 383 g/mol. The zero-order valence-corrected chi connectivity index (χ0v) is 13.0. The van der Waals surface area contributed by atoms with Crippen molar-refractivity contribution < 1.29 is 0 Å². The van der Waals surface area contributed by atoms with Crippen LogP contribution in [0, 0.1) is 11.3 Å². The highest BCUT2D eigenvalue weighted by Crippen LogP contribution is 2.36. The molecule has 6 heteroatoms. The maximum Gasteiger partial charge on any atom is 0.102 e. The molecule has 0 atom stereocenters. The first-order valence-corrected chi connectivity index (χ1v) is 7.29. The van der Waals surface area contributed by atoms with Crippen molar-refractivity contribution >= 4 is 54.5 Å². The van der Waals surface area contributed by atoms with Crippen LogP contribution in [0.25, 0.3) is 11.3 Å².